The van der Waals surface area contributed by atoms with Gasteiger partial charge in [-0.3, -0.25) is 28.9 Å². The van der Waals surface area contributed by atoms with Crippen molar-refractivity contribution in [2.24, 2.45) is 7.05 Å². The maximum atomic E-state index is 13.3. The van der Waals surface area contributed by atoms with Gasteiger partial charge in [0.15, 0.2) is 0 Å². The van der Waals surface area contributed by atoms with E-state index in [4.69, 9.17) is 9.47 Å². The third kappa shape index (κ3) is 5.09. The summed E-state index contributed by atoms with van der Waals surface area (Å²) in [7, 11) is 1.73. The van der Waals surface area contributed by atoms with E-state index in [9.17, 15) is 19.2 Å². The van der Waals surface area contributed by atoms with Crippen molar-refractivity contribution >= 4 is 28.9 Å². The van der Waals surface area contributed by atoms with Crippen LogP contribution in [0.3, 0.4) is 0 Å². The van der Waals surface area contributed by atoms with Gasteiger partial charge in [-0.25, -0.2) is 9.59 Å². The zero-order valence-corrected chi connectivity index (χ0v) is 22.6. The number of aromatic nitrogens is 2. The van der Waals surface area contributed by atoms with Crippen LogP contribution in [0.5, 0.6) is 0 Å². The zero-order chi connectivity index (χ0) is 27.2. The first-order chi connectivity index (χ1) is 18.0. The fourth-order valence-electron chi connectivity index (χ4n) is 5.90. The molecule has 0 saturated carbocycles. The van der Waals surface area contributed by atoms with Crippen LogP contribution in [-0.2, 0) is 32.7 Å². The molecule has 0 aliphatic carbocycles. The Labute approximate surface area is 221 Å². The molecule has 3 amide bonds. The van der Waals surface area contributed by atoms with Gasteiger partial charge in [-0.1, -0.05) is 12.1 Å². The third-order valence-electron chi connectivity index (χ3n) is 7.76. The molecule has 1 atom stereocenters. The number of carbonyl (C=O) groups excluding carboxylic acids is 3. The molecule has 1 aromatic heterocycles. The predicted octanol–water partition coefficient (Wildman–Crippen LogP) is 1.92. The second kappa shape index (κ2) is 9.85. The molecule has 1 spiro atoms. The first kappa shape index (κ1) is 26.4. The van der Waals surface area contributed by atoms with Crippen molar-refractivity contribution in [3.63, 3.8) is 0 Å². The molecule has 11 heteroatoms. The Balaban J connectivity index is 1.33. The molecule has 3 aliphatic heterocycles. The highest BCUT2D eigenvalue weighted by Crippen LogP contribution is 2.32. The number of likely N-dealkylation sites (tertiary alicyclic amines) is 1. The van der Waals surface area contributed by atoms with Crippen LogP contribution in [0.1, 0.15) is 58.1 Å². The summed E-state index contributed by atoms with van der Waals surface area (Å²) in [5.74, 6) is -0.743. The Bertz CT molecular complexity index is 1310. The molecule has 38 heavy (non-hydrogen) atoms. The Hall–Kier alpha value is -3.18. The SMILES string of the molecule is Cn1c(=O)n(C2CCC(=O)NC2=O)c2cccc(CN3CCOC4(CCN(C(=O)OC(C)(C)C)CC4)C3)c21. The van der Waals surface area contributed by atoms with E-state index < -0.39 is 17.6 Å². The number of fused-ring (bicyclic) bond motifs is 1. The van der Waals surface area contributed by atoms with Crippen molar-refractivity contribution in [3.05, 3.63) is 34.2 Å². The van der Waals surface area contributed by atoms with Gasteiger partial charge in [0.2, 0.25) is 11.8 Å². The van der Waals surface area contributed by atoms with Crippen LogP contribution in [0.4, 0.5) is 4.79 Å². The molecule has 206 valence electrons. The van der Waals surface area contributed by atoms with E-state index in [1.165, 1.54) is 4.57 Å². The normalized spacial score (nSPS) is 22.6. The summed E-state index contributed by atoms with van der Waals surface area (Å²) >= 11 is 0. The topological polar surface area (TPSA) is 115 Å². The van der Waals surface area contributed by atoms with Crippen molar-refractivity contribution < 1.29 is 23.9 Å². The number of hydrogen-bond donors (Lipinski definition) is 1. The number of imide groups is 1. The number of aryl methyl sites for hydroxylation is 1. The number of nitrogens with zero attached hydrogens (tertiary/aromatic N) is 4. The molecular weight excluding hydrogens is 490 g/mol. The summed E-state index contributed by atoms with van der Waals surface area (Å²) in [5.41, 5.74) is 1.37. The van der Waals surface area contributed by atoms with Crippen LogP contribution in [-0.4, -0.2) is 80.8 Å². The average Bonchev–Trinajstić information content (AvgIpc) is 3.09. The van der Waals surface area contributed by atoms with Crippen molar-refractivity contribution in [2.45, 2.75) is 70.2 Å². The lowest BCUT2D eigenvalue weighted by molar-refractivity contribution is -0.136. The minimum Gasteiger partial charge on any atom is -0.444 e. The summed E-state index contributed by atoms with van der Waals surface area (Å²) in [6.07, 6.45) is 1.70. The highest BCUT2D eigenvalue weighted by atomic mass is 16.6. The zero-order valence-electron chi connectivity index (χ0n) is 22.6. The fraction of sp³-hybridized carbons (Fsp3) is 0.630. The van der Waals surface area contributed by atoms with Crippen LogP contribution in [0.15, 0.2) is 23.0 Å². The lowest BCUT2D eigenvalue weighted by atomic mass is 9.89. The van der Waals surface area contributed by atoms with E-state index in [1.807, 2.05) is 39.0 Å². The highest BCUT2D eigenvalue weighted by molar-refractivity contribution is 6.00. The molecule has 11 nitrogen and oxygen atoms in total. The lowest BCUT2D eigenvalue weighted by Gasteiger charge is -2.47. The number of piperidine rings is 2. The molecule has 0 bridgehead atoms. The highest BCUT2D eigenvalue weighted by Gasteiger charge is 2.41. The van der Waals surface area contributed by atoms with E-state index in [0.717, 1.165) is 37.0 Å². The van der Waals surface area contributed by atoms with Crippen LogP contribution in [0.2, 0.25) is 0 Å². The summed E-state index contributed by atoms with van der Waals surface area (Å²) < 4.78 is 14.9. The summed E-state index contributed by atoms with van der Waals surface area (Å²) in [5, 5.41) is 2.36. The molecule has 1 unspecified atom stereocenters. The average molecular weight is 528 g/mol. The third-order valence-corrected chi connectivity index (χ3v) is 7.76. The van der Waals surface area contributed by atoms with Gasteiger partial charge in [0, 0.05) is 46.2 Å². The minimum absolute atomic E-state index is 0.208. The first-order valence-electron chi connectivity index (χ1n) is 13.3. The van der Waals surface area contributed by atoms with E-state index in [-0.39, 0.29) is 29.7 Å². The number of ether oxygens (including phenoxy) is 2. The van der Waals surface area contributed by atoms with Crippen LogP contribution < -0.4 is 11.0 Å². The molecule has 3 fully saturated rings. The second-order valence-corrected chi connectivity index (χ2v) is 11.7. The van der Waals surface area contributed by atoms with Gasteiger partial charge in [0.25, 0.3) is 0 Å². The van der Waals surface area contributed by atoms with Gasteiger partial charge < -0.3 is 14.4 Å². The largest absolute Gasteiger partial charge is 0.444 e. The number of para-hydroxylation sites is 1. The van der Waals surface area contributed by atoms with Crippen LogP contribution in [0, 0.1) is 0 Å². The van der Waals surface area contributed by atoms with E-state index in [1.54, 1.807) is 16.5 Å². The van der Waals surface area contributed by atoms with Gasteiger partial charge in [0.1, 0.15) is 11.6 Å². The minimum atomic E-state index is -0.707. The molecule has 3 saturated heterocycles. The predicted molar refractivity (Wildman–Crippen MR) is 140 cm³/mol. The number of rotatable bonds is 3. The van der Waals surface area contributed by atoms with Gasteiger partial charge in [-0.05, 0) is 51.7 Å². The summed E-state index contributed by atoms with van der Waals surface area (Å²) in [6, 6.07) is 5.08. The van der Waals surface area contributed by atoms with Gasteiger partial charge in [-0.2, -0.15) is 0 Å². The Kier molecular flexibility index (Phi) is 6.85. The number of benzene rings is 1. The standard InChI is InChI=1S/C27H37N5O6/c1-26(2,3)38-25(36)31-12-10-27(11-13-31)17-30(14-15-37-27)16-18-6-5-7-19-22(18)29(4)24(35)32(19)20-8-9-21(33)28-23(20)34/h5-7,20H,8-17H2,1-4H3,(H,28,33,34). The smallest absolute Gasteiger partial charge is 0.410 e. The van der Waals surface area contributed by atoms with Gasteiger partial charge >= 0.3 is 11.8 Å². The Morgan fingerprint density at radius 2 is 1.89 bits per heavy atom. The maximum absolute atomic E-state index is 13.3. The van der Waals surface area contributed by atoms with Crippen LogP contribution in [0.25, 0.3) is 11.0 Å². The molecule has 3 aliphatic rings. The van der Waals surface area contributed by atoms with Crippen molar-refractivity contribution in [2.75, 3.05) is 32.8 Å². The summed E-state index contributed by atoms with van der Waals surface area (Å²) in [4.78, 5) is 54.1. The van der Waals surface area contributed by atoms with E-state index in [2.05, 4.69) is 10.2 Å². The van der Waals surface area contributed by atoms with Crippen molar-refractivity contribution in [1.82, 2.24) is 24.3 Å². The second-order valence-electron chi connectivity index (χ2n) is 11.7. The summed E-state index contributed by atoms with van der Waals surface area (Å²) in [6.45, 7) is 9.49. The molecule has 2 aromatic rings. The molecule has 4 heterocycles. The fourth-order valence-corrected chi connectivity index (χ4v) is 5.90. The quantitative estimate of drug-likeness (QED) is 0.607. The monoisotopic (exact) mass is 527 g/mol. The molecule has 1 N–H and O–H groups in total. The lowest BCUT2D eigenvalue weighted by Crippen LogP contribution is -2.57. The first-order valence-corrected chi connectivity index (χ1v) is 13.3. The molecule has 1 aromatic carbocycles. The molecule has 5 rings (SSSR count). The van der Waals surface area contributed by atoms with Crippen molar-refractivity contribution in [3.8, 4) is 0 Å². The Morgan fingerprint density at radius 3 is 2.58 bits per heavy atom. The number of morpholine rings is 1. The number of hydrogen-bond acceptors (Lipinski definition) is 7. The number of nitrogens with one attached hydrogen (secondary N) is 1. The molecular formula is C27H37N5O6. The number of imidazole rings is 1. The van der Waals surface area contributed by atoms with Gasteiger partial charge in [0.05, 0.1) is 23.2 Å². The number of carbonyl (C=O) groups is 3. The van der Waals surface area contributed by atoms with E-state index >= 15 is 0 Å². The molecule has 0 radical (unpaired) electrons. The van der Waals surface area contributed by atoms with Crippen LogP contribution >= 0.6 is 0 Å². The Morgan fingerprint density at radius 1 is 1.16 bits per heavy atom. The number of amides is 3. The van der Waals surface area contributed by atoms with Crippen molar-refractivity contribution in [1.29, 1.82) is 0 Å². The maximum Gasteiger partial charge on any atom is 0.410 e. The van der Waals surface area contributed by atoms with E-state index in [0.29, 0.717) is 38.2 Å². The van der Waals surface area contributed by atoms with Gasteiger partial charge in [-0.15, -0.1) is 0 Å².